The monoisotopic (exact) mass is 324 g/mol. The van der Waals surface area contributed by atoms with Crippen LogP contribution in [0.25, 0.3) is 0 Å². The number of hydrogen-bond donors (Lipinski definition) is 0. The molecular weight excluding hydrogens is 307 g/mol. The molecule has 84 valence electrons. The molecule has 1 atom stereocenters. The molecule has 0 aromatic heterocycles. The Labute approximate surface area is 111 Å². The Morgan fingerprint density at radius 2 is 1.75 bits per heavy atom. The summed E-state index contributed by atoms with van der Waals surface area (Å²) in [6.45, 7) is 0. The number of alkyl halides is 1. The summed E-state index contributed by atoms with van der Waals surface area (Å²) in [5.74, 6) is 0. The van der Waals surface area contributed by atoms with Crippen LogP contribution in [-0.2, 0) is 6.42 Å². The highest BCUT2D eigenvalue weighted by Gasteiger charge is 2.24. The maximum atomic E-state index is 2.65. The first kappa shape index (κ1) is 10.8. The van der Waals surface area contributed by atoms with Crippen LogP contribution in [0.4, 0.5) is 0 Å². The Hall–Kier alpha value is -0.310. The van der Waals surface area contributed by atoms with Crippen molar-refractivity contribution in [3.8, 4) is 0 Å². The van der Waals surface area contributed by atoms with Crippen LogP contribution in [0.2, 0.25) is 0 Å². The van der Waals surface area contributed by atoms with Gasteiger partial charge in [-0.3, -0.25) is 0 Å². The third kappa shape index (κ3) is 1.83. The molecular formula is C15H17I. The third-order valence-corrected chi connectivity index (χ3v) is 5.38. The van der Waals surface area contributed by atoms with E-state index >= 15 is 0 Å². The normalized spacial score (nSPS) is 24.7. The van der Waals surface area contributed by atoms with E-state index in [2.05, 4.69) is 46.9 Å². The first-order valence-electron chi connectivity index (χ1n) is 6.29. The van der Waals surface area contributed by atoms with Crippen LogP contribution >= 0.6 is 22.6 Å². The molecule has 0 aliphatic heterocycles. The van der Waals surface area contributed by atoms with E-state index in [4.69, 9.17) is 0 Å². The smallest absolute Gasteiger partial charge is 0.0573 e. The minimum absolute atomic E-state index is 0.645. The van der Waals surface area contributed by atoms with Gasteiger partial charge in [-0.25, -0.2) is 0 Å². The molecule has 16 heavy (non-hydrogen) atoms. The summed E-state index contributed by atoms with van der Waals surface area (Å²) in [5, 5.41) is 0. The van der Waals surface area contributed by atoms with Crippen molar-refractivity contribution in [2.45, 2.75) is 42.4 Å². The van der Waals surface area contributed by atoms with Gasteiger partial charge in [0.05, 0.1) is 3.92 Å². The first-order valence-corrected chi connectivity index (χ1v) is 7.53. The molecule has 0 saturated heterocycles. The van der Waals surface area contributed by atoms with Crippen LogP contribution in [-0.4, -0.2) is 0 Å². The van der Waals surface area contributed by atoms with E-state index in [1.54, 1.807) is 22.3 Å². The fourth-order valence-corrected chi connectivity index (χ4v) is 4.42. The molecule has 1 aromatic carbocycles. The maximum Gasteiger partial charge on any atom is 0.0573 e. The Morgan fingerprint density at radius 1 is 0.938 bits per heavy atom. The van der Waals surface area contributed by atoms with Gasteiger partial charge >= 0.3 is 0 Å². The summed E-state index contributed by atoms with van der Waals surface area (Å²) in [5.41, 5.74) is 6.70. The van der Waals surface area contributed by atoms with Crippen molar-refractivity contribution in [2.75, 3.05) is 0 Å². The molecule has 0 saturated carbocycles. The molecule has 0 heterocycles. The summed E-state index contributed by atoms with van der Waals surface area (Å²) in [6.07, 6.45) is 8.10. The molecule has 1 heteroatoms. The van der Waals surface area contributed by atoms with Crippen LogP contribution in [0.3, 0.4) is 0 Å². The Balaban J connectivity index is 2.05. The van der Waals surface area contributed by atoms with Gasteiger partial charge in [0.25, 0.3) is 0 Å². The molecule has 3 rings (SSSR count). The van der Waals surface area contributed by atoms with Crippen LogP contribution < -0.4 is 0 Å². The third-order valence-electron chi connectivity index (χ3n) is 3.96. The van der Waals surface area contributed by atoms with Gasteiger partial charge in [0.15, 0.2) is 0 Å². The molecule has 1 unspecified atom stereocenters. The average molecular weight is 324 g/mol. The van der Waals surface area contributed by atoms with Crippen molar-refractivity contribution in [1.29, 1.82) is 0 Å². The summed E-state index contributed by atoms with van der Waals surface area (Å²) in [4.78, 5) is 0. The second kappa shape index (κ2) is 4.52. The lowest BCUT2D eigenvalue weighted by molar-refractivity contribution is 0.643. The molecule has 0 N–H and O–H groups in total. The lowest BCUT2D eigenvalue weighted by Gasteiger charge is -2.22. The molecule has 2 aliphatic rings. The lowest BCUT2D eigenvalue weighted by atomic mass is 9.88. The zero-order chi connectivity index (χ0) is 11.0. The Morgan fingerprint density at radius 3 is 2.69 bits per heavy atom. The van der Waals surface area contributed by atoms with Gasteiger partial charge < -0.3 is 0 Å². The van der Waals surface area contributed by atoms with Gasteiger partial charge in [-0.1, -0.05) is 58.0 Å². The molecule has 0 spiro atoms. The Bertz CT molecular complexity index is 431. The quantitative estimate of drug-likeness (QED) is 0.359. The molecule has 2 aliphatic carbocycles. The maximum absolute atomic E-state index is 2.65. The lowest BCUT2D eigenvalue weighted by Crippen LogP contribution is -2.03. The van der Waals surface area contributed by atoms with Crippen LogP contribution in [0.5, 0.6) is 0 Å². The van der Waals surface area contributed by atoms with Gasteiger partial charge in [-0.05, 0) is 49.7 Å². The summed E-state index contributed by atoms with van der Waals surface area (Å²) in [6, 6.07) is 9.03. The first-order chi connectivity index (χ1) is 7.86. The number of rotatable bonds is 0. The molecule has 1 aromatic rings. The molecule has 0 amide bonds. The second-order valence-electron chi connectivity index (χ2n) is 4.90. The van der Waals surface area contributed by atoms with E-state index in [0.717, 1.165) is 0 Å². The highest BCUT2D eigenvalue weighted by atomic mass is 127. The number of halogens is 1. The van der Waals surface area contributed by atoms with Gasteiger partial charge in [-0.2, -0.15) is 0 Å². The van der Waals surface area contributed by atoms with Crippen LogP contribution in [0.1, 0.15) is 47.2 Å². The average Bonchev–Trinajstić information content (AvgIpc) is 2.49. The zero-order valence-corrected chi connectivity index (χ0v) is 11.7. The van der Waals surface area contributed by atoms with E-state index in [-0.39, 0.29) is 0 Å². The van der Waals surface area contributed by atoms with Crippen molar-refractivity contribution < 1.29 is 0 Å². The van der Waals surface area contributed by atoms with Crippen molar-refractivity contribution >= 4 is 22.6 Å². The topological polar surface area (TPSA) is 0 Å². The van der Waals surface area contributed by atoms with E-state index in [9.17, 15) is 0 Å². The number of allylic oxidation sites excluding steroid dienone is 2. The van der Waals surface area contributed by atoms with Gasteiger partial charge in [0.1, 0.15) is 0 Å². The summed E-state index contributed by atoms with van der Waals surface area (Å²) < 4.78 is 0.645. The second-order valence-corrected chi connectivity index (χ2v) is 6.14. The van der Waals surface area contributed by atoms with Gasteiger partial charge in [0, 0.05) is 0 Å². The Kier molecular flexibility index (Phi) is 3.05. The highest BCUT2D eigenvalue weighted by molar-refractivity contribution is 14.1. The van der Waals surface area contributed by atoms with E-state index in [1.807, 2.05) is 0 Å². The minimum atomic E-state index is 0.645. The number of hydrogen-bond acceptors (Lipinski definition) is 0. The predicted octanol–water partition coefficient (Wildman–Crippen LogP) is 4.98. The molecule has 0 radical (unpaired) electrons. The number of aryl methyl sites for hydroxylation is 1. The fraction of sp³-hybridized carbons (Fsp3) is 0.467. The standard InChI is InChI=1S/C15H17I/c16-15-13-7-3-1-5-11(13)9-10-12-6-2-4-8-14(12)15/h1,3,5,7,15H,2,4,6,8-10H2. The number of benzene rings is 1. The van der Waals surface area contributed by atoms with Crippen molar-refractivity contribution in [1.82, 2.24) is 0 Å². The molecule has 0 fully saturated rings. The van der Waals surface area contributed by atoms with Crippen molar-refractivity contribution in [3.63, 3.8) is 0 Å². The SMILES string of the molecule is IC1C2=C(CCCC2)CCc2ccccc21. The highest BCUT2D eigenvalue weighted by Crippen LogP contribution is 2.44. The van der Waals surface area contributed by atoms with Gasteiger partial charge in [-0.15, -0.1) is 0 Å². The van der Waals surface area contributed by atoms with E-state index in [1.165, 1.54) is 38.5 Å². The molecule has 0 bridgehead atoms. The van der Waals surface area contributed by atoms with E-state index < -0.39 is 0 Å². The van der Waals surface area contributed by atoms with Crippen molar-refractivity contribution in [3.05, 3.63) is 46.5 Å². The van der Waals surface area contributed by atoms with Gasteiger partial charge in [0.2, 0.25) is 0 Å². The van der Waals surface area contributed by atoms with Crippen LogP contribution in [0.15, 0.2) is 35.4 Å². The fourth-order valence-electron chi connectivity index (χ4n) is 3.07. The van der Waals surface area contributed by atoms with Crippen molar-refractivity contribution in [2.24, 2.45) is 0 Å². The molecule has 0 nitrogen and oxygen atoms in total. The van der Waals surface area contributed by atoms with Crippen LogP contribution in [0, 0.1) is 0 Å². The predicted molar refractivity (Wildman–Crippen MR) is 77.0 cm³/mol. The number of fused-ring (bicyclic) bond motifs is 1. The minimum Gasteiger partial charge on any atom is -0.0725 e. The van der Waals surface area contributed by atoms with E-state index in [0.29, 0.717) is 3.92 Å². The largest absolute Gasteiger partial charge is 0.0725 e. The zero-order valence-electron chi connectivity index (χ0n) is 9.51. The summed E-state index contributed by atoms with van der Waals surface area (Å²) >= 11 is 2.65. The summed E-state index contributed by atoms with van der Waals surface area (Å²) in [7, 11) is 0.